The first-order valence-corrected chi connectivity index (χ1v) is 9.04. The van der Waals surface area contributed by atoms with E-state index in [9.17, 15) is 18.3 Å². The van der Waals surface area contributed by atoms with E-state index in [0.29, 0.717) is 50.0 Å². The zero-order chi connectivity index (χ0) is 18.7. The summed E-state index contributed by atoms with van der Waals surface area (Å²) in [5.41, 5.74) is 1.79. The Balaban J connectivity index is 1.68. The molecule has 1 N–H and O–H groups in total. The van der Waals surface area contributed by atoms with Gasteiger partial charge >= 0.3 is 0 Å². The topological polar surface area (TPSA) is 29.5 Å². The molecule has 0 bridgehead atoms. The third-order valence-electron chi connectivity index (χ3n) is 5.24. The van der Waals surface area contributed by atoms with Gasteiger partial charge in [-0.25, -0.2) is 8.78 Å². The Labute approximate surface area is 151 Å². The Morgan fingerprint density at radius 3 is 2.15 bits per heavy atom. The number of hydrogen-bond donors (Lipinski definition) is 1. The van der Waals surface area contributed by atoms with Crippen molar-refractivity contribution in [3.63, 3.8) is 0 Å². The zero-order valence-electron chi connectivity index (χ0n) is 14.8. The maximum absolute atomic E-state index is 14.5. The van der Waals surface area contributed by atoms with Gasteiger partial charge in [-0.3, -0.25) is 0 Å². The Bertz CT molecular complexity index is 768. The van der Waals surface area contributed by atoms with Gasteiger partial charge in [0.05, 0.1) is 6.61 Å². The molecule has 0 saturated heterocycles. The van der Waals surface area contributed by atoms with Crippen molar-refractivity contribution in [2.75, 3.05) is 6.61 Å². The second kappa shape index (κ2) is 8.12. The summed E-state index contributed by atoms with van der Waals surface area (Å²) >= 11 is 0. The minimum absolute atomic E-state index is 0.0809. The second-order valence-corrected chi connectivity index (χ2v) is 6.84. The molecule has 26 heavy (non-hydrogen) atoms. The van der Waals surface area contributed by atoms with Gasteiger partial charge in [-0.15, -0.1) is 0 Å². The normalized spacial score (nSPS) is 20.3. The standard InChI is InChI=1S/C21H23F3O2/c1-2-26-12-13-3-8-16(18(22)11-13)14-4-6-15(7-5-14)17-9-10-19(25)21(24)20(17)23/h3,8-11,14-15,25H,2,4-7,12H2,1H3. The first-order chi connectivity index (χ1) is 12.5. The van der Waals surface area contributed by atoms with Crippen LogP contribution in [0.1, 0.15) is 61.1 Å². The highest BCUT2D eigenvalue weighted by atomic mass is 19.2. The molecule has 0 aromatic heterocycles. The van der Waals surface area contributed by atoms with Crippen LogP contribution in [0, 0.1) is 17.5 Å². The number of ether oxygens (including phenoxy) is 1. The highest BCUT2D eigenvalue weighted by Crippen LogP contribution is 2.42. The molecule has 0 atom stereocenters. The van der Waals surface area contributed by atoms with Crippen LogP contribution in [0.3, 0.4) is 0 Å². The third-order valence-corrected chi connectivity index (χ3v) is 5.24. The van der Waals surface area contributed by atoms with E-state index in [-0.39, 0.29) is 17.7 Å². The molecule has 5 heteroatoms. The molecule has 1 saturated carbocycles. The summed E-state index contributed by atoms with van der Waals surface area (Å²) in [6, 6.07) is 7.86. The molecule has 0 unspecified atom stereocenters. The fraction of sp³-hybridized carbons (Fsp3) is 0.429. The summed E-state index contributed by atoms with van der Waals surface area (Å²) in [6.07, 6.45) is 2.75. The average Bonchev–Trinajstić information content (AvgIpc) is 2.65. The minimum atomic E-state index is -1.19. The van der Waals surface area contributed by atoms with Crippen LogP contribution >= 0.6 is 0 Å². The van der Waals surface area contributed by atoms with Crippen molar-refractivity contribution in [1.29, 1.82) is 0 Å². The lowest BCUT2D eigenvalue weighted by molar-refractivity contribution is 0.134. The first kappa shape index (κ1) is 18.8. The molecular formula is C21H23F3O2. The Morgan fingerprint density at radius 2 is 1.54 bits per heavy atom. The van der Waals surface area contributed by atoms with Crippen LogP contribution in [0.2, 0.25) is 0 Å². The van der Waals surface area contributed by atoms with Gasteiger partial charge in [-0.2, -0.15) is 4.39 Å². The number of benzene rings is 2. The fourth-order valence-electron chi connectivity index (χ4n) is 3.80. The predicted octanol–water partition coefficient (Wildman–Crippen LogP) is 5.79. The van der Waals surface area contributed by atoms with Crippen LogP contribution in [0.4, 0.5) is 13.2 Å². The van der Waals surface area contributed by atoms with Gasteiger partial charge in [0.25, 0.3) is 0 Å². The smallest absolute Gasteiger partial charge is 0.200 e. The molecular weight excluding hydrogens is 341 g/mol. The molecule has 2 aromatic carbocycles. The van der Waals surface area contributed by atoms with Gasteiger partial charge in [-0.05, 0) is 73.3 Å². The Kier molecular flexibility index (Phi) is 5.87. The lowest BCUT2D eigenvalue weighted by Crippen LogP contribution is -2.15. The Morgan fingerprint density at radius 1 is 0.923 bits per heavy atom. The van der Waals surface area contributed by atoms with Crippen LogP contribution < -0.4 is 0 Å². The molecule has 1 aliphatic rings. The average molecular weight is 364 g/mol. The van der Waals surface area contributed by atoms with Crippen LogP contribution in [0.15, 0.2) is 30.3 Å². The summed E-state index contributed by atoms with van der Waals surface area (Å²) in [4.78, 5) is 0. The van der Waals surface area contributed by atoms with Crippen LogP contribution in [-0.4, -0.2) is 11.7 Å². The van der Waals surface area contributed by atoms with E-state index in [1.165, 1.54) is 18.2 Å². The molecule has 3 rings (SSSR count). The maximum atomic E-state index is 14.5. The molecule has 2 nitrogen and oxygen atoms in total. The number of aromatic hydroxyl groups is 1. The zero-order valence-corrected chi connectivity index (χ0v) is 14.8. The van der Waals surface area contributed by atoms with Crippen LogP contribution in [0.5, 0.6) is 5.75 Å². The minimum Gasteiger partial charge on any atom is -0.505 e. The lowest BCUT2D eigenvalue weighted by Gasteiger charge is -2.29. The van der Waals surface area contributed by atoms with Crippen LogP contribution in [-0.2, 0) is 11.3 Å². The van der Waals surface area contributed by atoms with Crippen molar-refractivity contribution in [2.24, 2.45) is 0 Å². The third kappa shape index (κ3) is 3.88. The highest BCUT2D eigenvalue weighted by molar-refractivity contribution is 5.33. The van der Waals surface area contributed by atoms with E-state index in [4.69, 9.17) is 4.74 Å². The summed E-state index contributed by atoms with van der Waals surface area (Å²) in [6.45, 7) is 2.87. The van der Waals surface area contributed by atoms with Crippen molar-refractivity contribution in [2.45, 2.75) is 51.0 Å². The van der Waals surface area contributed by atoms with Crippen molar-refractivity contribution in [1.82, 2.24) is 0 Å². The van der Waals surface area contributed by atoms with Gasteiger partial charge in [0.2, 0.25) is 5.82 Å². The second-order valence-electron chi connectivity index (χ2n) is 6.84. The SMILES string of the molecule is CCOCc1ccc(C2CCC(c3ccc(O)c(F)c3F)CC2)c(F)c1. The van der Waals surface area contributed by atoms with Crippen molar-refractivity contribution in [3.05, 3.63) is 64.5 Å². The summed E-state index contributed by atoms with van der Waals surface area (Å²) in [7, 11) is 0. The van der Waals surface area contributed by atoms with E-state index in [2.05, 4.69) is 0 Å². The monoisotopic (exact) mass is 364 g/mol. The largest absolute Gasteiger partial charge is 0.505 e. The van der Waals surface area contributed by atoms with Gasteiger partial charge in [0, 0.05) is 6.61 Å². The fourth-order valence-corrected chi connectivity index (χ4v) is 3.80. The predicted molar refractivity (Wildman–Crippen MR) is 93.7 cm³/mol. The van der Waals surface area contributed by atoms with Gasteiger partial charge in [-0.1, -0.05) is 18.2 Å². The van der Waals surface area contributed by atoms with E-state index in [1.54, 1.807) is 0 Å². The van der Waals surface area contributed by atoms with Crippen LogP contribution in [0.25, 0.3) is 0 Å². The summed E-state index contributed by atoms with van der Waals surface area (Å²) in [5.74, 6) is -3.10. The van der Waals surface area contributed by atoms with Gasteiger partial charge < -0.3 is 9.84 Å². The number of phenols is 1. The van der Waals surface area contributed by atoms with E-state index >= 15 is 0 Å². The molecule has 1 aliphatic carbocycles. The van der Waals surface area contributed by atoms with Crippen molar-refractivity contribution >= 4 is 0 Å². The number of rotatable bonds is 5. The van der Waals surface area contributed by atoms with Gasteiger partial charge in [0.1, 0.15) is 5.82 Å². The molecule has 0 radical (unpaired) electrons. The number of halogens is 3. The Hall–Kier alpha value is -2.01. The molecule has 140 valence electrons. The summed E-state index contributed by atoms with van der Waals surface area (Å²) in [5, 5.41) is 9.25. The summed E-state index contributed by atoms with van der Waals surface area (Å²) < 4.78 is 47.4. The molecule has 1 fully saturated rings. The van der Waals surface area contributed by atoms with Gasteiger partial charge in [0.15, 0.2) is 11.6 Å². The molecule has 0 amide bonds. The van der Waals surface area contributed by atoms with Crippen molar-refractivity contribution in [3.8, 4) is 5.75 Å². The first-order valence-electron chi connectivity index (χ1n) is 9.04. The maximum Gasteiger partial charge on any atom is 0.200 e. The molecule has 0 spiro atoms. The van der Waals surface area contributed by atoms with E-state index < -0.39 is 17.4 Å². The molecule has 0 heterocycles. The van der Waals surface area contributed by atoms with E-state index in [0.717, 1.165) is 5.56 Å². The molecule has 2 aromatic rings. The number of hydrogen-bond acceptors (Lipinski definition) is 2. The highest BCUT2D eigenvalue weighted by Gasteiger charge is 2.28. The molecule has 0 aliphatic heterocycles. The quantitative estimate of drug-likeness (QED) is 0.728. The van der Waals surface area contributed by atoms with Crippen molar-refractivity contribution < 1.29 is 23.0 Å². The van der Waals surface area contributed by atoms with E-state index in [1.807, 2.05) is 19.1 Å². The number of phenolic OH excluding ortho intramolecular Hbond substituents is 1. The lowest BCUT2D eigenvalue weighted by atomic mass is 9.76.